The van der Waals surface area contributed by atoms with Crippen molar-refractivity contribution in [2.24, 2.45) is 5.92 Å². The molecule has 162 valence electrons. The van der Waals surface area contributed by atoms with Gasteiger partial charge in [0.15, 0.2) is 0 Å². The number of aromatic nitrogens is 4. The van der Waals surface area contributed by atoms with Crippen LogP contribution in [0.15, 0.2) is 39.8 Å². The molecule has 8 heteroatoms. The zero-order valence-electron chi connectivity index (χ0n) is 17.9. The van der Waals surface area contributed by atoms with Gasteiger partial charge in [-0.1, -0.05) is 24.2 Å². The van der Waals surface area contributed by atoms with E-state index < -0.39 is 0 Å². The Morgan fingerprint density at radius 3 is 2.71 bits per heavy atom. The topological polar surface area (TPSA) is 97.0 Å². The Morgan fingerprint density at radius 2 is 1.97 bits per heavy atom. The van der Waals surface area contributed by atoms with E-state index in [2.05, 4.69) is 22.0 Å². The predicted molar refractivity (Wildman–Crippen MR) is 115 cm³/mol. The number of carbonyl (C=O) groups excluding carboxylic acids is 1. The lowest BCUT2D eigenvalue weighted by Gasteiger charge is -2.33. The highest BCUT2D eigenvalue weighted by Gasteiger charge is 2.38. The highest BCUT2D eigenvalue weighted by molar-refractivity contribution is 5.80. The van der Waals surface area contributed by atoms with Crippen molar-refractivity contribution in [2.75, 3.05) is 6.54 Å². The SMILES string of the molecule is Cc1c[nH]c(=O)n1-c1cccc(-c2noc(C3CC(=O)N(C4CCC(C)CC4)C3)n2)c1. The van der Waals surface area contributed by atoms with Crippen molar-refractivity contribution in [1.29, 1.82) is 0 Å². The quantitative estimate of drug-likeness (QED) is 0.696. The van der Waals surface area contributed by atoms with Gasteiger partial charge in [0.05, 0.1) is 11.6 Å². The Balaban J connectivity index is 1.35. The maximum atomic E-state index is 12.7. The summed E-state index contributed by atoms with van der Waals surface area (Å²) in [7, 11) is 0. The number of aromatic amines is 1. The first kappa shape index (κ1) is 19.8. The summed E-state index contributed by atoms with van der Waals surface area (Å²) in [5.41, 5.74) is 2.13. The highest BCUT2D eigenvalue weighted by Crippen LogP contribution is 2.35. The van der Waals surface area contributed by atoms with E-state index in [0.29, 0.717) is 30.7 Å². The number of rotatable bonds is 4. The monoisotopic (exact) mass is 421 g/mol. The van der Waals surface area contributed by atoms with E-state index >= 15 is 0 Å². The second-order valence-corrected chi connectivity index (χ2v) is 8.94. The second kappa shape index (κ2) is 7.83. The number of nitrogens with one attached hydrogen (secondary N) is 1. The van der Waals surface area contributed by atoms with E-state index in [-0.39, 0.29) is 17.5 Å². The van der Waals surface area contributed by atoms with Crippen LogP contribution < -0.4 is 5.69 Å². The summed E-state index contributed by atoms with van der Waals surface area (Å²) >= 11 is 0. The molecule has 31 heavy (non-hydrogen) atoms. The maximum Gasteiger partial charge on any atom is 0.330 e. The summed E-state index contributed by atoms with van der Waals surface area (Å²) in [6, 6.07) is 7.83. The molecule has 1 saturated carbocycles. The van der Waals surface area contributed by atoms with E-state index in [4.69, 9.17) is 4.52 Å². The summed E-state index contributed by atoms with van der Waals surface area (Å²) in [6.07, 6.45) is 6.63. The van der Waals surface area contributed by atoms with Crippen LogP contribution in [0.1, 0.15) is 56.5 Å². The third kappa shape index (κ3) is 3.71. The summed E-state index contributed by atoms with van der Waals surface area (Å²) in [4.78, 5) is 34.1. The van der Waals surface area contributed by atoms with E-state index in [1.54, 1.807) is 10.8 Å². The molecule has 2 aromatic heterocycles. The van der Waals surface area contributed by atoms with Gasteiger partial charge in [-0.05, 0) is 50.7 Å². The van der Waals surface area contributed by atoms with Gasteiger partial charge >= 0.3 is 5.69 Å². The summed E-state index contributed by atoms with van der Waals surface area (Å²) in [5.74, 6) is 1.86. The first-order chi connectivity index (χ1) is 15.0. The van der Waals surface area contributed by atoms with E-state index in [0.717, 1.165) is 35.7 Å². The Bertz CT molecular complexity index is 1150. The van der Waals surface area contributed by atoms with Crippen LogP contribution in [0.5, 0.6) is 0 Å². The molecule has 1 aliphatic carbocycles. The molecular weight excluding hydrogens is 394 g/mol. The van der Waals surface area contributed by atoms with Crippen molar-refractivity contribution in [3.63, 3.8) is 0 Å². The van der Waals surface area contributed by atoms with Gasteiger partial charge in [-0.15, -0.1) is 0 Å². The van der Waals surface area contributed by atoms with Crippen molar-refractivity contribution in [1.82, 2.24) is 24.6 Å². The zero-order chi connectivity index (χ0) is 21.5. The van der Waals surface area contributed by atoms with Crippen LogP contribution in [0.4, 0.5) is 0 Å². The molecule has 3 heterocycles. The molecule has 1 unspecified atom stereocenters. The average molecular weight is 422 g/mol. The molecule has 8 nitrogen and oxygen atoms in total. The van der Waals surface area contributed by atoms with E-state index in [1.165, 1.54) is 12.8 Å². The van der Waals surface area contributed by atoms with Crippen molar-refractivity contribution in [3.05, 3.63) is 52.5 Å². The summed E-state index contributed by atoms with van der Waals surface area (Å²) < 4.78 is 7.17. The Labute approximate surface area is 180 Å². The molecule has 1 amide bonds. The Kier molecular flexibility index (Phi) is 5.00. The molecule has 2 aliphatic rings. The van der Waals surface area contributed by atoms with Crippen LogP contribution in [0, 0.1) is 12.8 Å². The zero-order valence-corrected chi connectivity index (χ0v) is 17.9. The first-order valence-corrected chi connectivity index (χ1v) is 11.0. The molecule has 1 aromatic carbocycles. The third-order valence-electron chi connectivity index (χ3n) is 6.70. The summed E-state index contributed by atoms with van der Waals surface area (Å²) in [6.45, 7) is 4.80. The molecule has 1 N–H and O–H groups in total. The summed E-state index contributed by atoms with van der Waals surface area (Å²) in [5, 5.41) is 4.16. The second-order valence-electron chi connectivity index (χ2n) is 8.94. The van der Waals surface area contributed by atoms with Gasteiger partial charge < -0.3 is 14.4 Å². The molecule has 0 spiro atoms. The molecule has 2 fully saturated rings. The molecule has 0 radical (unpaired) electrons. The lowest BCUT2D eigenvalue weighted by molar-refractivity contribution is -0.130. The minimum absolute atomic E-state index is 0.0641. The fraction of sp³-hybridized carbons (Fsp3) is 0.478. The first-order valence-electron chi connectivity index (χ1n) is 11.0. The van der Waals surface area contributed by atoms with Gasteiger partial charge in [0.25, 0.3) is 0 Å². The lowest BCUT2D eigenvalue weighted by atomic mass is 9.87. The molecule has 3 aromatic rings. The molecule has 5 rings (SSSR count). The third-order valence-corrected chi connectivity index (χ3v) is 6.70. The van der Waals surface area contributed by atoms with Crippen LogP contribution in [-0.4, -0.2) is 43.1 Å². The molecule has 1 saturated heterocycles. The number of likely N-dealkylation sites (tertiary alicyclic amines) is 1. The van der Waals surface area contributed by atoms with Crippen LogP contribution in [0.25, 0.3) is 17.1 Å². The van der Waals surface area contributed by atoms with E-state index in [9.17, 15) is 9.59 Å². The van der Waals surface area contributed by atoms with Crippen molar-refractivity contribution in [3.8, 4) is 17.1 Å². The number of hydrogen-bond donors (Lipinski definition) is 1. The molecule has 1 aliphatic heterocycles. The number of benzene rings is 1. The number of nitrogens with zero attached hydrogens (tertiary/aromatic N) is 4. The van der Waals surface area contributed by atoms with E-state index in [1.807, 2.05) is 36.1 Å². The average Bonchev–Trinajstić information content (AvgIpc) is 3.48. The fourth-order valence-electron chi connectivity index (χ4n) is 4.88. The van der Waals surface area contributed by atoms with Gasteiger partial charge in [0.2, 0.25) is 17.6 Å². The number of hydrogen-bond acceptors (Lipinski definition) is 5. The number of H-pyrrole nitrogens is 1. The highest BCUT2D eigenvalue weighted by atomic mass is 16.5. The largest absolute Gasteiger partial charge is 0.339 e. The molecule has 1 atom stereocenters. The standard InChI is InChI=1S/C23H27N5O3/c1-14-6-8-18(9-7-14)27-13-17(11-20(27)29)22-25-21(26-31-22)16-4-3-5-19(10-16)28-15(2)12-24-23(28)30/h3-5,10,12,14,17-18H,6-9,11,13H2,1-2H3,(H,24,30). The van der Waals surface area contributed by atoms with Crippen LogP contribution in [0.3, 0.4) is 0 Å². The number of amides is 1. The Morgan fingerprint density at radius 1 is 1.16 bits per heavy atom. The van der Waals surface area contributed by atoms with Crippen molar-refractivity contribution < 1.29 is 9.32 Å². The molecule has 0 bridgehead atoms. The lowest BCUT2D eigenvalue weighted by Crippen LogP contribution is -2.38. The number of imidazole rings is 1. The number of aryl methyl sites for hydroxylation is 1. The minimum Gasteiger partial charge on any atom is -0.339 e. The van der Waals surface area contributed by atoms with Crippen LogP contribution >= 0.6 is 0 Å². The minimum atomic E-state index is -0.190. The van der Waals surface area contributed by atoms with Gasteiger partial charge in [-0.3, -0.25) is 9.36 Å². The van der Waals surface area contributed by atoms with Gasteiger partial charge in [-0.25, -0.2) is 4.79 Å². The van der Waals surface area contributed by atoms with Gasteiger partial charge in [0, 0.05) is 36.5 Å². The van der Waals surface area contributed by atoms with Crippen molar-refractivity contribution in [2.45, 2.75) is 57.9 Å². The smallest absolute Gasteiger partial charge is 0.330 e. The number of carbonyl (C=O) groups is 1. The molecular formula is C23H27N5O3. The van der Waals surface area contributed by atoms with Gasteiger partial charge in [0.1, 0.15) is 0 Å². The van der Waals surface area contributed by atoms with Crippen molar-refractivity contribution >= 4 is 5.91 Å². The normalized spacial score (nSPS) is 24.1. The predicted octanol–water partition coefficient (Wildman–Crippen LogP) is 3.42. The van der Waals surface area contributed by atoms with Gasteiger partial charge in [-0.2, -0.15) is 4.98 Å². The maximum absolute atomic E-state index is 12.7. The Hall–Kier alpha value is -3.16. The van der Waals surface area contributed by atoms with Crippen LogP contribution in [0.2, 0.25) is 0 Å². The van der Waals surface area contributed by atoms with Crippen LogP contribution in [-0.2, 0) is 4.79 Å². The fourth-order valence-corrected chi connectivity index (χ4v) is 4.88.